The van der Waals surface area contributed by atoms with Crippen LogP contribution >= 0.6 is 0 Å². The van der Waals surface area contributed by atoms with Gasteiger partial charge in [0.15, 0.2) is 0 Å². The fraction of sp³-hybridized carbons (Fsp3) is 0.512. The zero-order valence-electron chi connectivity index (χ0n) is 34.3. The lowest BCUT2D eigenvalue weighted by Crippen LogP contribution is -2.54. The summed E-state index contributed by atoms with van der Waals surface area (Å²) >= 11 is 0. The second kappa shape index (κ2) is 17.3. The molecular formula is C43H52N8O9. The summed E-state index contributed by atoms with van der Waals surface area (Å²) in [7, 11) is 2.56. The van der Waals surface area contributed by atoms with Crippen molar-refractivity contribution in [2.75, 3.05) is 47.1 Å². The van der Waals surface area contributed by atoms with Crippen molar-refractivity contribution in [3.8, 4) is 11.3 Å². The fourth-order valence-corrected chi connectivity index (χ4v) is 9.06. The number of hydrogen-bond acceptors (Lipinski definition) is 12. The van der Waals surface area contributed by atoms with Gasteiger partial charge in [-0.1, -0.05) is 26.0 Å². The number of rotatable bonds is 10. The lowest BCUT2D eigenvalue weighted by atomic mass is 9.90. The van der Waals surface area contributed by atoms with E-state index in [1.807, 2.05) is 38.1 Å². The first-order valence-corrected chi connectivity index (χ1v) is 20.8. The van der Waals surface area contributed by atoms with Crippen molar-refractivity contribution in [2.45, 2.75) is 82.6 Å². The van der Waals surface area contributed by atoms with Gasteiger partial charge in [-0.3, -0.25) is 19.4 Å². The summed E-state index contributed by atoms with van der Waals surface area (Å²) in [5.74, 6) is 0.822. The van der Waals surface area contributed by atoms with Gasteiger partial charge in [-0.25, -0.2) is 14.6 Å². The van der Waals surface area contributed by atoms with Gasteiger partial charge in [-0.05, 0) is 80.2 Å². The van der Waals surface area contributed by atoms with Crippen LogP contribution in [0.5, 0.6) is 0 Å². The van der Waals surface area contributed by atoms with E-state index in [2.05, 4.69) is 20.9 Å². The number of H-pyrrole nitrogens is 1. The summed E-state index contributed by atoms with van der Waals surface area (Å²) in [5.41, 5.74) is 3.07. The van der Waals surface area contributed by atoms with Crippen molar-refractivity contribution in [3.05, 3.63) is 64.2 Å². The van der Waals surface area contributed by atoms with Gasteiger partial charge in [0.2, 0.25) is 17.2 Å². The van der Waals surface area contributed by atoms with E-state index in [4.69, 9.17) is 28.6 Å². The minimum Gasteiger partial charge on any atom is -0.456 e. The Bertz CT molecular complexity index is 2370. The molecule has 4 amide bonds. The largest absolute Gasteiger partial charge is 0.456 e. The summed E-state index contributed by atoms with van der Waals surface area (Å²) in [6.07, 6.45) is 4.83. The third-order valence-corrected chi connectivity index (χ3v) is 12.3. The first kappa shape index (κ1) is 40.8. The Balaban J connectivity index is 0.973. The summed E-state index contributed by atoms with van der Waals surface area (Å²) in [5, 5.41) is 9.87. The fourth-order valence-electron chi connectivity index (χ4n) is 9.06. The van der Waals surface area contributed by atoms with Crippen LogP contribution in [0, 0.1) is 11.8 Å². The zero-order valence-corrected chi connectivity index (χ0v) is 34.3. The van der Waals surface area contributed by atoms with Crippen LogP contribution < -0.4 is 21.4 Å². The normalized spacial score (nSPS) is 21.8. The molecule has 17 nitrogen and oxygen atoms in total. The van der Waals surface area contributed by atoms with E-state index >= 15 is 0 Å². The maximum absolute atomic E-state index is 14.0. The molecule has 4 N–H and O–H groups in total. The van der Waals surface area contributed by atoms with E-state index in [0.717, 1.165) is 36.8 Å². The number of fused-ring (bicyclic) bond motifs is 2. The molecule has 60 heavy (non-hydrogen) atoms. The third kappa shape index (κ3) is 8.01. The van der Waals surface area contributed by atoms with Crippen molar-refractivity contribution in [1.29, 1.82) is 0 Å². The minimum atomic E-state index is -0.729. The maximum Gasteiger partial charge on any atom is 0.407 e. The lowest BCUT2D eigenvalue weighted by molar-refractivity contribution is -0.137. The van der Waals surface area contributed by atoms with Gasteiger partial charge in [-0.15, -0.1) is 0 Å². The molecule has 2 aromatic carbocycles. The Morgan fingerprint density at radius 3 is 2.30 bits per heavy atom. The number of benzene rings is 2. The van der Waals surface area contributed by atoms with Crippen LogP contribution in [-0.2, 0) is 23.8 Å². The number of nitrogens with one attached hydrogen (secondary N) is 4. The number of ether oxygens (including phenoxy) is 3. The monoisotopic (exact) mass is 824 g/mol. The highest BCUT2D eigenvalue weighted by atomic mass is 16.5. The number of nitrogens with zero attached hydrogens (tertiary/aromatic N) is 4. The summed E-state index contributed by atoms with van der Waals surface area (Å²) in [6, 6.07) is 8.80. The van der Waals surface area contributed by atoms with E-state index in [9.17, 15) is 24.0 Å². The first-order chi connectivity index (χ1) is 29.0. The number of likely N-dealkylation sites (tertiary alicyclic amines) is 2. The first-order valence-electron chi connectivity index (χ1n) is 20.8. The van der Waals surface area contributed by atoms with Crippen LogP contribution in [0.15, 0.2) is 56.8 Å². The van der Waals surface area contributed by atoms with Crippen molar-refractivity contribution >= 4 is 51.8 Å². The second-order valence-electron chi connectivity index (χ2n) is 16.3. The van der Waals surface area contributed by atoms with Crippen molar-refractivity contribution in [3.63, 3.8) is 0 Å². The molecule has 0 saturated carbocycles. The van der Waals surface area contributed by atoms with Gasteiger partial charge in [-0.2, -0.15) is 0 Å². The van der Waals surface area contributed by atoms with Crippen LogP contribution in [0.1, 0.15) is 75.8 Å². The number of aromatic amines is 1. The molecule has 3 saturated heterocycles. The van der Waals surface area contributed by atoms with E-state index in [1.165, 1.54) is 14.2 Å². The molecule has 1 unspecified atom stereocenters. The number of hydrogen-bond donors (Lipinski definition) is 4. The van der Waals surface area contributed by atoms with Crippen LogP contribution in [0.4, 0.5) is 9.59 Å². The van der Waals surface area contributed by atoms with Gasteiger partial charge in [0.25, 0.3) is 0 Å². The van der Waals surface area contributed by atoms with Gasteiger partial charge in [0.05, 0.1) is 61.6 Å². The Hall–Kier alpha value is -5.97. The molecule has 0 radical (unpaired) electrons. The molecule has 0 spiro atoms. The minimum absolute atomic E-state index is 0.0654. The summed E-state index contributed by atoms with van der Waals surface area (Å²) in [6.45, 7) is 6.37. The molecule has 3 fully saturated rings. The highest BCUT2D eigenvalue weighted by molar-refractivity contribution is 5.96. The predicted molar refractivity (Wildman–Crippen MR) is 221 cm³/mol. The Kier molecular flexibility index (Phi) is 11.8. The van der Waals surface area contributed by atoms with Crippen molar-refractivity contribution in [1.82, 2.24) is 35.7 Å². The molecule has 2 aromatic heterocycles. The van der Waals surface area contributed by atoms with Crippen molar-refractivity contribution < 1.29 is 37.8 Å². The predicted octanol–water partition coefficient (Wildman–Crippen LogP) is 4.57. The van der Waals surface area contributed by atoms with Gasteiger partial charge >= 0.3 is 12.2 Å². The molecule has 4 aromatic rings. The highest BCUT2D eigenvalue weighted by Gasteiger charge is 2.41. The molecule has 318 valence electrons. The highest BCUT2D eigenvalue weighted by Crippen LogP contribution is 2.35. The number of carbonyl (C=O) groups excluding carboxylic acids is 4. The van der Waals surface area contributed by atoms with Crippen LogP contribution in [0.2, 0.25) is 0 Å². The molecule has 5 atom stereocenters. The average Bonchev–Trinajstić information content (AvgIpc) is 4.11. The van der Waals surface area contributed by atoms with E-state index in [0.29, 0.717) is 85.0 Å². The van der Waals surface area contributed by atoms with E-state index < -0.39 is 24.3 Å². The van der Waals surface area contributed by atoms with E-state index in [1.54, 1.807) is 28.1 Å². The van der Waals surface area contributed by atoms with Crippen LogP contribution in [0.3, 0.4) is 0 Å². The molecular weight excluding hydrogens is 773 g/mol. The SMILES string of the molecule is COC(=O)N[C@H](C(=O)N1CCC[C@H]1C1=NCC(c2ccc3oc4cc(-c5cnc([C@@H]6CCCN6C(=O)[C@@H](NC(=O)OC)C6CCOCC6)[nH]5)ccc4c(=O)c3c2)N1)C(C)C. The third-order valence-electron chi connectivity index (χ3n) is 12.3. The quantitative estimate of drug-likeness (QED) is 0.163. The molecule has 6 heterocycles. The van der Waals surface area contributed by atoms with Crippen LogP contribution in [-0.4, -0.2) is 115 Å². The Morgan fingerprint density at radius 1 is 0.850 bits per heavy atom. The molecule has 4 aliphatic heterocycles. The maximum atomic E-state index is 14.0. The number of methoxy groups -OCH3 is 2. The Labute approximate surface area is 346 Å². The van der Waals surface area contributed by atoms with Crippen LogP contribution in [0.25, 0.3) is 33.2 Å². The van der Waals surface area contributed by atoms with Gasteiger partial charge in [0, 0.05) is 31.9 Å². The smallest absolute Gasteiger partial charge is 0.407 e. The second-order valence-corrected chi connectivity index (χ2v) is 16.3. The number of amidine groups is 1. The number of carbonyl (C=O) groups is 4. The van der Waals surface area contributed by atoms with Gasteiger partial charge in [0.1, 0.15) is 34.9 Å². The lowest BCUT2D eigenvalue weighted by Gasteiger charge is -2.34. The average molecular weight is 825 g/mol. The van der Waals surface area contributed by atoms with Gasteiger partial charge < -0.3 is 49.4 Å². The molecule has 0 aliphatic carbocycles. The van der Waals surface area contributed by atoms with E-state index in [-0.39, 0.29) is 47.2 Å². The van der Waals surface area contributed by atoms with Crippen molar-refractivity contribution in [2.24, 2.45) is 16.8 Å². The standard InChI is InChI=1S/C43H52N8O9/c1-23(2)35(48-42(55)57-3)40(53)50-15-5-7-31(50)38-44-21-29(46-38)25-10-12-33-28(19-25)37(52)27-11-9-26(20-34(27)60-33)30-22-45-39(47-30)32-8-6-16-51(32)41(54)36(49-43(56)58-4)24-13-17-59-18-14-24/h9-12,19-20,22-24,29,31-32,35-36H,5-8,13-18,21H2,1-4H3,(H,44,46)(H,45,47)(H,48,55)(H,49,56)/t29?,31-,32-,35-,36-/m0/s1. The Morgan fingerprint density at radius 2 is 1.57 bits per heavy atom. The zero-order chi connectivity index (χ0) is 42.1. The molecule has 0 bridgehead atoms. The number of amides is 4. The summed E-state index contributed by atoms with van der Waals surface area (Å²) in [4.78, 5) is 82.4. The number of alkyl carbamates (subject to hydrolysis) is 2. The topological polar surface area (TPSA) is 210 Å². The number of imidazole rings is 1. The molecule has 8 rings (SSSR count). The number of aromatic nitrogens is 2. The summed E-state index contributed by atoms with van der Waals surface area (Å²) < 4.78 is 21.5. The number of aliphatic imine (C=N–C) groups is 1. The molecule has 4 aliphatic rings. The molecule has 17 heteroatoms.